The Kier molecular flexibility index (Phi) is 4.24. The molecule has 2 aromatic rings. The standard InChI is InChI=1S/C17H22N4O/c1-12-15(17(22)19-10-16(18)14-7-8-14)9-20-21(12)11-13-5-3-2-4-6-13/h2-6,9,14,16H,7-8,10-11,18H2,1H3,(H,19,22). The van der Waals surface area contributed by atoms with Crippen LogP contribution in [0.1, 0.15) is 34.5 Å². The first-order valence-corrected chi connectivity index (χ1v) is 7.75. The monoisotopic (exact) mass is 298 g/mol. The van der Waals surface area contributed by atoms with Crippen molar-refractivity contribution in [1.29, 1.82) is 0 Å². The maximum atomic E-state index is 12.3. The van der Waals surface area contributed by atoms with E-state index in [1.54, 1.807) is 6.20 Å². The van der Waals surface area contributed by atoms with Gasteiger partial charge in [0.15, 0.2) is 0 Å². The summed E-state index contributed by atoms with van der Waals surface area (Å²) in [5, 5.41) is 7.25. The number of aromatic nitrogens is 2. The van der Waals surface area contributed by atoms with Gasteiger partial charge < -0.3 is 11.1 Å². The zero-order chi connectivity index (χ0) is 15.5. The fraction of sp³-hybridized carbons (Fsp3) is 0.412. The zero-order valence-corrected chi connectivity index (χ0v) is 12.8. The molecule has 5 heteroatoms. The number of hydrogen-bond acceptors (Lipinski definition) is 3. The van der Waals surface area contributed by atoms with Crippen molar-refractivity contribution in [3.8, 4) is 0 Å². The van der Waals surface area contributed by atoms with E-state index in [0.717, 1.165) is 11.3 Å². The van der Waals surface area contributed by atoms with Gasteiger partial charge in [-0.15, -0.1) is 0 Å². The van der Waals surface area contributed by atoms with Crippen molar-refractivity contribution in [3.05, 3.63) is 53.3 Å². The molecule has 0 bridgehead atoms. The van der Waals surface area contributed by atoms with Crippen LogP contribution in [0.2, 0.25) is 0 Å². The molecule has 116 valence electrons. The minimum atomic E-state index is -0.0899. The number of nitrogens with one attached hydrogen (secondary N) is 1. The van der Waals surface area contributed by atoms with Gasteiger partial charge in [0, 0.05) is 18.3 Å². The minimum absolute atomic E-state index is 0.0728. The highest BCUT2D eigenvalue weighted by Crippen LogP contribution is 2.31. The lowest BCUT2D eigenvalue weighted by Gasteiger charge is -2.11. The lowest BCUT2D eigenvalue weighted by molar-refractivity contribution is 0.0949. The summed E-state index contributed by atoms with van der Waals surface area (Å²) < 4.78 is 1.85. The van der Waals surface area contributed by atoms with Crippen molar-refractivity contribution in [3.63, 3.8) is 0 Å². The summed E-state index contributed by atoms with van der Waals surface area (Å²) in [4.78, 5) is 12.3. The second-order valence-corrected chi connectivity index (χ2v) is 6.00. The number of nitrogens with two attached hydrogens (primary N) is 1. The predicted molar refractivity (Wildman–Crippen MR) is 85.5 cm³/mol. The smallest absolute Gasteiger partial charge is 0.254 e. The van der Waals surface area contributed by atoms with E-state index in [-0.39, 0.29) is 11.9 Å². The van der Waals surface area contributed by atoms with Gasteiger partial charge in [-0.25, -0.2) is 0 Å². The Hall–Kier alpha value is -2.14. The Morgan fingerprint density at radius 1 is 1.41 bits per heavy atom. The molecule has 1 atom stereocenters. The summed E-state index contributed by atoms with van der Waals surface area (Å²) in [5.41, 5.74) is 8.68. The third-order valence-corrected chi connectivity index (χ3v) is 4.25. The lowest BCUT2D eigenvalue weighted by atomic mass is 10.2. The summed E-state index contributed by atoms with van der Waals surface area (Å²) in [7, 11) is 0. The van der Waals surface area contributed by atoms with E-state index in [9.17, 15) is 4.79 Å². The Labute approximate surface area is 130 Å². The quantitative estimate of drug-likeness (QED) is 0.852. The number of carbonyl (C=O) groups is 1. The molecule has 0 radical (unpaired) electrons. The molecule has 1 saturated carbocycles. The molecule has 1 aromatic heterocycles. The van der Waals surface area contributed by atoms with E-state index in [1.165, 1.54) is 12.8 Å². The summed E-state index contributed by atoms with van der Waals surface area (Å²) in [6.45, 7) is 3.13. The van der Waals surface area contributed by atoms with E-state index < -0.39 is 0 Å². The highest BCUT2D eigenvalue weighted by Gasteiger charge is 2.28. The van der Waals surface area contributed by atoms with Crippen LogP contribution in [0.5, 0.6) is 0 Å². The first kappa shape index (κ1) is 14.8. The molecule has 1 fully saturated rings. The molecule has 1 heterocycles. The minimum Gasteiger partial charge on any atom is -0.350 e. The second kappa shape index (κ2) is 6.32. The molecule has 3 N–H and O–H groups in total. The Bertz CT molecular complexity index is 646. The fourth-order valence-corrected chi connectivity index (χ4v) is 2.58. The summed E-state index contributed by atoms with van der Waals surface area (Å²) in [5.74, 6) is 0.495. The Balaban J connectivity index is 1.63. The van der Waals surface area contributed by atoms with Gasteiger partial charge >= 0.3 is 0 Å². The number of hydrogen-bond donors (Lipinski definition) is 2. The van der Waals surface area contributed by atoms with Crippen LogP contribution in [0.25, 0.3) is 0 Å². The molecule has 0 aliphatic heterocycles. The van der Waals surface area contributed by atoms with Crippen LogP contribution in [0.3, 0.4) is 0 Å². The highest BCUT2D eigenvalue weighted by atomic mass is 16.1. The van der Waals surface area contributed by atoms with E-state index in [2.05, 4.69) is 22.5 Å². The van der Waals surface area contributed by atoms with Crippen LogP contribution in [0, 0.1) is 12.8 Å². The second-order valence-electron chi connectivity index (χ2n) is 6.00. The van der Waals surface area contributed by atoms with Gasteiger partial charge in [-0.05, 0) is 31.2 Å². The average molecular weight is 298 g/mol. The first-order valence-electron chi connectivity index (χ1n) is 7.75. The Morgan fingerprint density at radius 2 is 2.14 bits per heavy atom. The Morgan fingerprint density at radius 3 is 2.82 bits per heavy atom. The number of carbonyl (C=O) groups excluding carboxylic acids is 1. The van der Waals surface area contributed by atoms with Crippen molar-refractivity contribution in [2.45, 2.75) is 32.4 Å². The lowest BCUT2D eigenvalue weighted by Crippen LogP contribution is -2.38. The van der Waals surface area contributed by atoms with Crippen molar-refractivity contribution in [2.24, 2.45) is 11.7 Å². The third kappa shape index (κ3) is 3.36. The summed E-state index contributed by atoms with van der Waals surface area (Å²) >= 11 is 0. The van der Waals surface area contributed by atoms with E-state index in [1.807, 2.05) is 29.8 Å². The van der Waals surface area contributed by atoms with Crippen LogP contribution in [0.4, 0.5) is 0 Å². The van der Waals surface area contributed by atoms with Crippen molar-refractivity contribution in [1.82, 2.24) is 15.1 Å². The molecule has 1 unspecified atom stereocenters. The molecule has 0 spiro atoms. The van der Waals surface area contributed by atoms with Gasteiger partial charge in [-0.2, -0.15) is 5.10 Å². The van der Waals surface area contributed by atoms with Gasteiger partial charge in [-0.1, -0.05) is 30.3 Å². The molecular formula is C17H22N4O. The highest BCUT2D eigenvalue weighted by molar-refractivity contribution is 5.95. The third-order valence-electron chi connectivity index (χ3n) is 4.25. The molecule has 1 aromatic carbocycles. The SMILES string of the molecule is Cc1c(C(=O)NCC(N)C2CC2)cnn1Cc1ccccc1. The molecule has 1 aliphatic rings. The molecule has 3 rings (SSSR count). The van der Waals surface area contributed by atoms with Crippen LogP contribution in [-0.2, 0) is 6.54 Å². The van der Waals surface area contributed by atoms with Gasteiger partial charge in [0.1, 0.15) is 0 Å². The zero-order valence-electron chi connectivity index (χ0n) is 12.8. The van der Waals surface area contributed by atoms with Crippen LogP contribution in [-0.4, -0.2) is 28.3 Å². The molecular weight excluding hydrogens is 276 g/mol. The largest absolute Gasteiger partial charge is 0.350 e. The maximum absolute atomic E-state index is 12.3. The number of rotatable bonds is 6. The fourth-order valence-electron chi connectivity index (χ4n) is 2.58. The van der Waals surface area contributed by atoms with Gasteiger partial charge in [0.2, 0.25) is 0 Å². The van der Waals surface area contributed by atoms with Crippen molar-refractivity contribution >= 4 is 5.91 Å². The van der Waals surface area contributed by atoms with Crippen LogP contribution < -0.4 is 11.1 Å². The van der Waals surface area contributed by atoms with Crippen molar-refractivity contribution in [2.75, 3.05) is 6.54 Å². The number of amides is 1. The van der Waals surface area contributed by atoms with Crippen LogP contribution in [0.15, 0.2) is 36.5 Å². The molecule has 1 amide bonds. The first-order chi connectivity index (χ1) is 10.6. The van der Waals surface area contributed by atoms with Crippen molar-refractivity contribution < 1.29 is 4.79 Å². The molecule has 5 nitrogen and oxygen atoms in total. The van der Waals surface area contributed by atoms with Gasteiger partial charge in [-0.3, -0.25) is 9.48 Å². The average Bonchev–Trinajstić information content (AvgIpc) is 3.32. The molecule has 1 aliphatic carbocycles. The number of nitrogens with zero attached hydrogens (tertiary/aromatic N) is 2. The van der Waals surface area contributed by atoms with Gasteiger partial charge in [0.05, 0.1) is 18.3 Å². The molecule has 22 heavy (non-hydrogen) atoms. The van der Waals surface area contributed by atoms with E-state index in [0.29, 0.717) is 24.6 Å². The number of benzene rings is 1. The topological polar surface area (TPSA) is 72.9 Å². The summed E-state index contributed by atoms with van der Waals surface area (Å²) in [6, 6.07) is 10.2. The normalized spacial score (nSPS) is 15.5. The maximum Gasteiger partial charge on any atom is 0.254 e. The van der Waals surface area contributed by atoms with E-state index in [4.69, 9.17) is 5.73 Å². The summed E-state index contributed by atoms with van der Waals surface area (Å²) in [6.07, 6.45) is 4.01. The van der Waals surface area contributed by atoms with E-state index >= 15 is 0 Å². The van der Waals surface area contributed by atoms with Crippen LogP contribution >= 0.6 is 0 Å². The molecule has 0 saturated heterocycles. The predicted octanol–water partition coefficient (Wildman–Crippen LogP) is 1.71. The van der Waals surface area contributed by atoms with Gasteiger partial charge in [0.25, 0.3) is 5.91 Å².